The van der Waals surface area contributed by atoms with Gasteiger partial charge in [-0.3, -0.25) is 9.59 Å². The molecule has 0 saturated carbocycles. The maximum Gasteiger partial charge on any atom is 0.243 e. The summed E-state index contributed by atoms with van der Waals surface area (Å²) < 4.78 is 5.21. The molecule has 1 N–H and O–H groups in total. The van der Waals surface area contributed by atoms with E-state index in [1.165, 1.54) is 11.8 Å². The molecule has 0 saturated heterocycles. The summed E-state index contributed by atoms with van der Waals surface area (Å²) in [4.78, 5) is 28.4. The van der Waals surface area contributed by atoms with E-state index in [-0.39, 0.29) is 24.1 Å². The molecule has 0 fully saturated rings. The Bertz CT molecular complexity index is 1120. The van der Waals surface area contributed by atoms with Gasteiger partial charge in [0.05, 0.1) is 12.9 Å². The fraction of sp³-hybridized carbons (Fsp3) is 0.286. The monoisotopic (exact) mass is 544 g/mol. The van der Waals surface area contributed by atoms with Crippen LogP contribution in [0.2, 0.25) is 10.0 Å². The fourth-order valence-electron chi connectivity index (χ4n) is 3.76. The molecule has 3 aromatic carbocycles. The molecular formula is C28H30Cl2N2O3S. The third kappa shape index (κ3) is 7.92. The van der Waals surface area contributed by atoms with E-state index >= 15 is 0 Å². The summed E-state index contributed by atoms with van der Waals surface area (Å²) in [6.07, 6.45) is 0.379. The normalized spacial score (nSPS) is 11.6. The summed E-state index contributed by atoms with van der Waals surface area (Å²) in [6, 6.07) is 21.9. The van der Waals surface area contributed by atoms with Crippen LogP contribution in [0, 0.1) is 0 Å². The number of amides is 2. The van der Waals surface area contributed by atoms with Crippen molar-refractivity contribution in [3.05, 3.63) is 99.5 Å². The van der Waals surface area contributed by atoms with Crippen molar-refractivity contribution in [2.75, 3.05) is 19.4 Å². The molecule has 36 heavy (non-hydrogen) atoms. The smallest absolute Gasteiger partial charge is 0.243 e. The number of rotatable bonds is 12. The van der Waals surface area contributed by atoms with E-state index in [9.17, 15) is 9.59 Å². The lowest BCUT2D eigenvalue weighted by Gasteiger charge is -2.32. The summed E-state index contributed by atoms with van der Waals surface area (Å²) in [7, 11) is 1.63. The minimum absolute atomic E-state index is 0.134. The number of nitrogens with one attached hydrogen (secondary N) is 1. The third-order valence-electron chi connectivity index (χ3n) is 5.67. The van der Waals surface area contributed by atoms with Gasteiger partial charge in [-0.15, -0.1) is 11.8 Å². The first-order valence-electron chi connectivity index (χ1n) is 11.7. The minimum atomic E-state index is -0.714. The van der Waals surface area contributed by atoms with Crippen LogP contribution in [-0.4, -0.2) is 42.2 Å². The van der Waals surface area contributed by atoms with Crippen LogP contribution in [0.5, 0.6) is 5.75 Å². The van der Waals surface area contributed by atoms with Crippen molar-refractivity contribution in [3.63, 3.8) is 0 Å². The molecule has 2 amide bonds. The van der Waals surface area contributed by atoms with E-state index in [1.807, 2.05) is 61.5 Å². The average Bonchev–Trinajstić information content (AvgIpc) is 2.88. The van der Waals surface area contributed by atoms with Gasteiger partial charge in [0, 0.05) is 40.9 Å². The van der Waals surface area contributed by atoms with E-state index in [1.54, 1.807) is 30.2 Å². The fourth-order valence-corrected chi connectivity index (χ4v) is 5.15. The Morgan fingerprint density at radius 3 is 2.22 bits per heavy atom. The van der Waals surface area contributed by atoms with Gasteiger partial charge in [0.1, 0.15) is 11.8 Å². The van der Waals surface area contributed by atoms with Crippen LogP contribution in [0.15, 0.2) is 72.8 Å². The van der Waals surface area contributed by atoms with E-state index in [0.717, 1.165) is 16.9 Å². The molecular weight excluding hydrogens is 515 g/mol. The molecule has 3 rings (SSSR count). The topological polar surface area (TPSA) is 58.6 Å². The zero-order valence-corrected chi connectivity index (χ0v) is 22.7. The van der Waals surface area contributed by atoms with Gasteiger partial charge in [0.15, 0.2) is 0 Å². The molecule has 0 radical (unpaired) electrons. The number of carbonyl (C=O) groups is 2. The van der Waals surface area contributed by atoms with Crippen LogP contribution in [0.3, 0.4) is 0 Å². The van der Waals surface area contributed by atoms with Gasteiger partial charge < -0.3 is 15.0 Å². The Balaban J connectivity index is 1.85. The van der Waals surface area contributed by atoms with E-state index in [2.05, 4.69) is 5.32 Å². The highest BCUT2D eigenvalue weighted by Gasteiger charge is 2.31. The molecule has 1 atom stereocenters. The molecule has 0 aliphatic rings. The molecule has 0 bridgehead atoms. The van der Waals surface area contributed by atoms with Gasteiger partial charge in [-0.05, 0) is 42.3 Å². The molecule has 0 aliphatic carbocycles. The average molecular weight is 546 g/mol. The Labute approximate surface area is 227 Å². The van der Waals surface area contributed by atoms with Crippen molar-refractivity contribution in [2.24, 2.45) is 0 Å². The predicted molar refractivity (Wildman–Crippen MR) is 149 cm³/mol. The van der Waals surface area contributed by atoms with Crippen LogP contribution in [0.4, 0.5) is 0 Å². The largest absolute Gasteiger partial charge is 0.497 e. The summed E-state index contributed by atoms with van der Waals surface area (Å²) in [5.74, 6) is 1.28. The van der Waals surface area contributed by atoms with Crippen LogP contribution in [0.1, 0.15) is 23.6 Å². The molecule has 3 aromatic rings. The van der Waals surface area contributed by atoms with Gasteiger partial charge in [-0.25, -0.2) is 0 Å². The van der Waals surface area contributed by atoms with Crippen molar-refractivity contribution >= 4 is 46.8 Å². The molecule has 190 valence electrons. The van der Waals surface area contributed by atoms with Crippen molar-refractivity contribution in [1.82, 2.24) is 10.2 Å². The molecule has 0 aromatic heterocycles. The molecule has 5 nitrogen and oxygen atoms in total. The first-order chi connectivity index (χ1) is 17.4. The summed E-state index contributed by atoms with van der Waals surface area (Å²) in [6.45, 7) is 2.46. The van der Waals surface area contributed by atoms with Crippen LogP contribution in [0.25, 0.3) is 0 Å². The Morgan fingerprint density at radius 2 is 1.61 bits per heavy atom. The number of hydrogen-bond donors (Lipinski definition) is 1. The molecule has 0 aliphatic heterocycles. The van der Waals surface area contributed by atoms with Crippen molar-refractivity contribution < 1.29 is 14.3 Å². The van der Waals surface area contributed by atoms with Gasteiger partial charge in [0.25, 0.3) is 0 Å². The summed E-state index contributed by atoms with van der Waals surface area (Å²) >= 11 is 14.4. The SMILES string of the molecule is CCNC(=O)C(Cc1ccccc1)N(Cc1c(Cl)cccc1Cl)C(=O)CSCc1ccc(OC)cc1. The van der Waals surface area contributed by atoms with Gasteiger partial charge >= 0.3 is 0 Å². The number of hydrogen-bond acceptors (Lipinski definition) is 4. The highest BCUT2D eigenvalue weighted by atomic mass is 35.5. The highest BCUT2D eigenvalue weighted by Crippen LogP contribution is 2.28. The lowest BCUT2D eigenvalue weighted by Crippen LogP contribution is -2.51. The number of likely N-dealkylation sites (N-methyl/N-ethyl adjacent to an activating group) is 1. The second-order valence-electron chi connectivity index (χ2n) is 8.16. The maximum atomic E-state index is 13.6. The standard InChI is InChI=1S/C28H30Cl2N2O3S/c1-3-31-28(34)26(16-20-8-5-4-6-9-20)32(17-23-24(29)10-7-11-25(23)30)27(33)19-36-18-21-12-14-22(35-2)15-13-21/h4-15,26H,3,16-19H2,1-2H3,(H,31,34). The number of methoxy groups -OCH3 is 1. The minimum Gasteiger partial charge on any atom is -0.497 e. The van der Waals surface area contributed by atoms with E-state index < -0.39 is 6.04 Å². The van der Waals surface area contributed by atoms with E-state index in [4.69, 9.17) is 27.9 Å². The van der Waals surface area contributed by atoms with Gasteiger partial charge in [-0.2, -0.15) is 0 Å². The maximum absolute atomic E-state index is 13.6. The Kier molecular flexibility index (Phi) is 11.0. The quantitative estimate of drug-likeness (QED) is 0.303. The molecule has 1 unspecified atom stereocenters. The molecule has 0 heterocycles. The highest BCUT2D eigenvalue weighted by molar-refractivity contribution is 7.99. The third-order valence-corrected chi connectivity index (χ3v) is 7.36. The second kappa shape index (κ2) is 14.2. The number of ether oxygens (including phenoxy) is 1. The number of halogens is 2. The molecule has 8 heteroatoms. The number of nitrogens with zero attached hydrogens (tertiary/aromatic N) is 1. The van der Waals surface area contributed by atoms with Crippen molar-refractivity contribution in [3.8, 4) is 5.75 Å². The number of benzene rings is 3. The van der Waals surface area contributed by atoms with Crippen molar-refractivity contribution in [1.29, 1.82) is 0 Å². The van der Waals surface area contributed by atoms with Crippen molar-refractivity contribution in [2.45, 2.75) is 31.7 Å². The molecule has 0 spiro atoms. The second-order valence-corrected chi connectivity index (χ2v) is 9.96. The van der Waals surface area contributed by atoms with E-state index in [0.29, 0.717) is 34.3 Å². The van der Waals surface area contributed by atoms with Gasteiger partial charge in [-0.1, -0.05) is 71.7 Å². The Morgan fingerprint density at radius 1 is 0.944 bits per heavy atom. The Hall–Kier alpha value is -2.67. The van der Waals surface area contributed by atoms with Crippen LogP contribution < -0.4 is 10.1 Å². The number of thioether (sulfide) groups is 1. The zero-order valence-electron chi connectivity index (χ0n) is 20.4. The van der Waals surface area contributed by atoms with Crippen LogP contribution in [-0.2, 0) is 28.3 Å². The first-order valence-corrected chi connectivity index (χ1v) is 13.6. The van der Waals surface area contributed by atoms with Crippen LogP contribution >= 0.6 is 35.0 Å². The zero-order chi connectivity index (χ0) is 25.9. The van der Waals surface area contributed by atoms with Gasteiger partial charge in [0.2, 0.25) is 11.8 Å². The predicted octanol–water partition coefficient (Wildman–Crippen LogP) is 6.01. The first kappa shape index (κ1) is 27.9. The summed E-state index contributed by atoms with van der Waals surface area (Å²) in [5, 5.41) is 3.81. The summed E-state index contributed by atoms with van der Waals surface area (Å²) in [5.41, 5.74) is 2.67. The number of carbonyl (C=O) groups excluding carboxylic acids is 2. The lowest BCUT2D eigenvalue weighted by atomic mass is 10.0. The lowest BCUT2D eigenvalue weighted by molar-refractivity contribution is -0.139.